The van der Waals surface area contributed by atoms with Gasteiger partial charge in [-0.2, -0.15) is 35.4 Å². The molecule has 0 radical (unpaired) electrons. The van der Waals surface area contributed by atoms with Gasteiger partial charge in [0.05, 0.1) is 0 Å². The molecule has 166 valence electrons. The molecule has 0 aromatic heterocycles. The Kier molecular flexibility index (Phi) is 12.0. The molecule has 3 heteroatoms. The van der Waals surface area contributed by atoms with Crippen molar-refractivity contribution in [2.75, 3.05) is 0 Å². The van der Waals surface area contributed by atoms with E-state index in [-0.39, 0.29) is 43.7 Å². The first-order valence-electron chi connectivity index (χ1n) is 9.97. The minimum Gasteiger partial charge on any atom is -0.358 e. The molecule has 0 aliphatic rings. The van der Waals surface area contributed by atoms with Gasteiger partial charge in [-0.05, 0) is 20.6 Å². The molecule has 0 saturated heterocycles. The van der Waals surface area contributed by atoms with Crippen molar-refractivity contribution in [2.45, 2.75) is 116 Å². The van der Waals surface area contributed by atoms with Crippen LogP contribution >= 0.6 is 15.8 Å². The fraction of sp³-hybridized carbons (Fsp3) is 0.720. The SMILES string of the molecule is CC(C)(C)P(Cc1c[c-]cc(CP(C(C)(C)C)C(C)(C)C)c1)C(C)(C)C.[CH3-].[Pd+2]. The molecule has 0 saturated carbocycles. The number of rotatable bonds is 4. The van der Waals surface area contributed by atoms with Crippen molar-refractivity contribution in [3.8, 4) is 0 Å². The van der Waals surface area contributed by atoms with E-state index in [1.54, 1.807) is 0 Å². The fourth-order valence-corrected chi connectivity index (χ4v) is 11.1. The number of hydrogen-bond donors (Lipinski definition) is 0. The summed E-state index contributed by atoms with van der Waals surface area (Å²) < 4.78 is 0. The van der Waals surface area contributed by atoms with Crippen LogP contribution in [0, 0.1) is 13.5 Å². The summed E-state index contributed by atoms with van der Waals surface area (Å²) >= 11 is 0. The van der Waals surface area contributed by atoms with E-state index < -0.39 is 0 Å². The van der Waals surface area contributed by atoms with Crippen molar-refractivity contribution in [2.24, 2.45) is 0 Å². The Morgan fingerprint density at radius 1 is 0.607 bits per heavy atom. The van der Waals surface area contributed by atoms with Gasteiger partial charge in [-0.1, -0.05) is 95.4 Å². The van der Waals surface area contributed by atoms with Crippen molar-refractivity contribution >= 4 is 15.8 Å². The van der Waals surface area contributed by atoms with Crippen LogP contribution in [0.15, 0.2) is 18.2 Å². The zero-order valence-electron chi connectivity index (χ0n) is 20.9. The molecule has 1 aromatic carbocycles. The van der Waals surface area contributed by atoms with Gasteiger partial charge in [0, 0.05) is 0 Å². The maximum absolute atomic E-state index is 3.47. The monoisotopic (exact) mass is 514 g/mol. The first-order chi connectivity index (χ1) is 11.4. The fourth-order valence-electron chi connectivity index (χ4n) is 4.09. The van der Waals surface area contributed by atoms with E-state index in [2.05, 4.69) is 107 Å². The minimum absolute atomic E-state index is 0. The van der Waals surface area contributed by atoms with Crippen LogP contribution in [0.1, 0.15) is 94.2 Å². The largest absolute Gasteiger partial charge is 2.00 e. The van der Waals surface area contributed by atoms with Gasteiger partial charge in [0.25, 0.3) is 0 Å². The summed E-state index contributed by atoms with van der Waals surface area (Å²) in [4.78, 5) is 0. The molecule has 1 aromatic rings. The van der Waals surface area contributed by atoms with E-state index >= 15 is 0 Å². The van der Waals surface area contributed by atoms with E-state index in [4.69, 9.17) is 0 Å². The molecule has 28 heavy (non-hydrogen) atoms. The number of hydrogen-bond acceptors (Lipinski definition) is 0. The summed E-state index contributed by atoms with van der Waals surface area (Å²) in [5.74, 6) is 0. The predicted molar refractivity (Wildman–Crippen MR) is 132 cm³/mol. The van der Waals surface area contributed by atoms with Gasteiger partial charge < -0.3 is 7.43 Å². The quantitative estimate of drug-likeness (QED) is 0.213. The van der Waals surface area contributed by atoms with Crippen LogP contribution in [0.25, 0.3) is 0 Å². The Bertz CT molecular complexity index is 503. The topological polar surface area (TPSA) is 0 Å². The second-order valence-corrected chi connectivity index (χ2v) is 19.3. The molecule has 0 unspecified atom stereocenters. The Hall–Kier alpha value is 0.742. The van der Waals surface area contributed by atoms with Crippen LogP contribution in [0.3, 0.4) is 0 Å². The molecule has 0 nitrogen and oxygen atoms in total. The molecule has 0 aliphatic heterocycles. The van der Waals surface area contributed by atoms with Crippen LogP contribution in [-0.4, -0.2) is 20.6 Å². The zero-order chi connectivity index (χ0) is 20.6. The number of benzene rings is 1. The normalized spacial score (nSPS) is 13.4. The molecule has 1 rings (SSSR count). The van der Waals surface area contributed by atoms with Crippen LogP contribution in [0.5, 0.6) is 0 Å². The van der Waals surface area contributed by atoms with Gasteiger partial charge in [0.2, 0.25) is 0 Å². The minimum atomic E-state index is -0.112. The third-order valence-corrected chi connectivity index (χ3v) is 12.7. The Morgan fingerprint density at radius 3 is 1.07 bits per heavy atom. The summed E-state index contributed by atoms with van der Waals surface area (Å²) in [6, 6.07) is 10.4. The molecule has 0 amide bonds. The zero-order valence-corrected chi connectivity index (χ0v) is 24.2. The maximum atomic E-state index is 3.47. The Balaban J connectivity index is 0. The molecule has 0 fully saturated rings. The molecule has 0 bridgehead atoms. The van der Waals surface area contributed by atoms with Crippen molar-refractivity contribution in [1.82, 2.24) is 0 Å². The standard InChI is InChI=1S/C24H43P2.CH3.Pd/c1-21(2,3)25(22(4,5)6)17-19-14-13-15-20(16-19)18-26(23(7,8)9)24(10,11)12;;/h14-16H,17-18H2,1-12H3;1H3;/q2*-1;+2. The van der Waals surface area contributed by atoms with Gasteiger partial charge in [-0.25, -0.2) is 0 Å². The molecule has 0 heterocycles. The van der Waals surface area contributed by atoms with Gasteiger partial charge in [0.15, 0.2) is 0 Å². The van der Waals surface area contributed by atoms with Crippen molar-refractivity contribution in [3.63, 3.8) is 0 Å². The second kappa shape index (κ2) is 10.9. The Labute approximate surface area is 194 Å². The molecule has 0 spiro atoms. The van der Waals surface area contributed by atoms with Crippen molar-refractivity contribution in [3.05, 3.63) is 42.8 Å². The van der Waals surface area contributed by atoms with Crippen molar-refractivity contribution in [1.29, 1.82) is 0 Å². The van der Waals surface area contributed by atoms with E-state index in [9.17, 15) is 0 Å². The second-order valence-electron chi connectivity index (χ2n) is 11.6. The summed E-state index contributed by atoms with van der Waals surface area (Å²) in [5, 5.41) is 1.47. The van der Waals surface area contributed by atoms with Crippen molar-refractivity contribution < 1.29 is 20.4 Å². The van der Waals surface area contributed by atoms with E-state index in [1.807, 2.05) is 0 Å². The van der Waals surface area contributed by atoms with Crippen LogP contribution < -0.4 is 0 Å². The van der Waals surface area contributed by atoms with E-state index in [1.165, 1.54) is 23.5 Å². The van der Waals surface area contributed by atoms with Gasteiger partial charge in [-0.3, -0.25) is 0 Å². The molecule has 0 N–H and O–H groups in total. The van der Waals surface area contributed by atoms with Gasteiger partial charge in [0.1, 0.15) is 0 Å². The van der Waals surface area contributed by atoms with Crippen LogP contribution in [0.2, 0.25) is 0 Å². The van der Waals surface area contributed by atoms with Crippen LogP contribution in [-0.2, 0) is 32.7 Å². The summed E-state index contributed by atoms with van der Waals surface area (Å²) in [6.45, 7) is 29.0. The van der Waals surface area contributed by atoms with E-state index in [0.29, 0.717) is 20.6 Å². The predicted octanol–water partition coefficient (Wildman–Crippen LogP) is 9.09. The average Bonchev–Trinajstić information content (AvgIpc) is 2.37. The first kappa shape index (κ1) is 30.9. The summed E-state index contributed by atoms with van der Waals surface area (Å²) in [6.07, 6.45) is 2.41. The Morgan fingerprint density at radius 2 is 0.857 bits per heavy atom. The third-order valence-electron chi connectivity index (χ3n) is 4.83. The maximum Gasteiger partial charge on any atom is 2.00 e. The summed E-state index contributed by atoms with van der Waals surface area (Å²) in [7, 11) is -0.223. The summed E-state index contributed by atoms with van der Waals surface area (Å²) in [5.41, 5.74) is 2.97. The van der Waals surface area contributed by atoms with Crippen LogP contribution in [0.4, 0.5) is 0 Å². The molecular formula is C25H46P2Pd. The third kappa shape index (κ3) is 9.70. The molecule has 0 aliphatic carbocycles. The molecule has 0 atom stereocenters. The van der Waals surface area contributed by atoms with E-state index in [0.717, 1.165) is 0 Å². The average molecular weight is 515 g/mol. The van der Waals surface area contributed by atoms with Gasteiger partial charge >= 0.3 is 20.4 Å². The first-order valence-corrected chi connectivity index (χ1v) is 13.0. The smallest absolute Gasteiger partial charge is 0.358 e. The molecular weight excluding hydrogens is 469 g/mol. The van der Waals surface area contributed by atoms with Gasteiger partial charge in [-0.15, -0.1) is 15.8 Å².